The number of amides is 3. The monoisotopic (exact) mass is 482 g/mol. The first-order chi connectivity index (χ1) is 15.8. The molecule has 0 aliphatic carbocycles. The summed E-state index contributed by atoms with van der Waals surface area (Å²) in [6.07, 6.45) is 0.105. The van der Waals surface area contributed by atoms with E-state index in [9.17, 15) is 19.2 Å². The van der Waals surface area contributed by atoms with Crippen LogP contribution in [-0.2, 0) is 20.8 Å². The summed E-state index contributed by atoms with van der Waals surface area (Å²) in [5.74, 6) is -0.486. The average molecular weight is 483 g/mol. The zero-order valence-corrected chi connectivity index (χ0v) is 19.6. The second-order valence-electron chi connectivity index (χ2n) is 7.06. The van der Waals surface area contributed by atoms with Gasteiger partial charge < -0.3 is 16.0 Å². The van der Waals surface area contributed by atoms with Crippen molar-refractivity contribution < 1.29 is 19.2 Å². The molecule has 8 nitrogen and oxygen atoms in total. The summed E-state index contributed by atoms with van der Waals surface area (Å²) in [7, 11) is 0. The quantitative estimate of drug-likeness (QED) is 0.311. The minimum atomic E-state index is -0.218. The van der Waals surface area contributed by atoms with E-state index in [4.69, 9.17) is 0 Å². The number of anilines is 3. The first-order valence-corrected chi connectivity index (χ1v) is 11.8. The lowest BCUT2D eigenvalue weighted by Gasteiger charge is -2.07. The number of Topliss-reactive ketones (excluding diaryl/α,β-unsaturated/α-hetero) is 1. The Bertz CT molecular complexity index is 1180. The molecular weight excluding hydrogens is 460 g/mol. The predicted octanol–water partition coefficient (Wildman–Crippen LogP) is 4.22. The highest BCUT2D eigenvalue weighted by Gasteiger charge is 2.11. The molecule has 0 spiro atoms. The molecule has 3 N–H and O–H groups in total. The molecular formula is C23H22N4O4S2. The van der Waals surface area contributed by atoms with Crippen LogP contribution in [0.5, 0.6) is 0 Å². The number of benzene rings is 2. The summed E-state index contributed by atoms with van der Waals surface area (Å²) in [4.78, 5) is 51.4. The average Bonchev–Trinajstić information content (AvgIpc) is 3.19. The van der Waals surface area contributed by atoms with Gasteiger partial charge in [0, 0.05) is 34.9 Å². The van der Waals surface area contributed by atoms with Gasteiger partial charge >= 0.3 is 0 Å². The fraction of sp³-hybridized carbons (Fsp3) is 0.174. The third kappa shape index (κ3) is 7.85. The van der Waals surface area contributed by atoms with Gasteiger partial charge in [-0.3, -0.25) is 19.2 Å². The molecule has 0 saturated heterocycles. The molecule has 0 atom stereocenters. The topological polar surface area (TPSA) is 117 Å². The highest BCUT2D eigenvalue weighted by atomic mass is 32.2. The van der Waals surface area contributed by atoms with Gasteiger partial charge in [-0.05, 0) is 49.4 Å². The van der Waals surface area contributed by atoms with Crippen LogP contribution in [0.15, 0.2) is 58.3 Å². The van der Waals surface area contributed by atoms with Gasteiger partial charge in [-0.25, -0.2) is 4.98 Å². The van der Waals surface area contributed by atoms with Crippen molar-refractivity contribution >= 4 is 63.7 Å². The summed E-state index contributed by atoms with van der Waals surface area (Å²) >= 11 is 2.65. The van der Waals surface area contributed by atoms with Crippen LogP contribution < -0.4 is 16.0 Å². The SMILES string of the molecule is CC(=O)Nc1cccc(NC(=O)CSc2nc(CC(=O)Nc3ccc(C(C)=O)cc3)cs2)c1. The van der Waals surface area contributed by atoms with Gasteiger partial charge in [0.05, 0.1) is 17.9 Å². The minimum Gasteiger partial charge on any atom is -0.326 e. The van der Waals surface area contributed by atoms with Gasteiger partial charge in [0.25, 0.3) is 0 Å². The van der Waals surface area contributed by atoms with E-state index < -0.39 is 0 Å². The van der Waals surface area contributed by atoms with Crippen LogP contribution in [0.3, 0.4) is 0 Å². The number of aromatic nitrogens is 1. The molecule has 1 aromatic heterocycles. The maximum Gasteiger partial charge on any atom is 0.234 e. The van der Waals surface area contributed by atoms with Crippen LogP contribution in [0.25, 0.3) is 0 Å². The summed E-state index contributed by atoms with van der Waals surface area (Å²) < 4.78 is 0.686. The molecule has 0 radical (unpaired) electrons. The number of thioether (sulfide) groups is 1. The van der Waals surface area contributed by atoms with E-state index in [1.165, 1.54) is 36.9 Å². The Kier molecular flexibility index (Phi) is 8.34. The number of nitrogens with zero attached hydrogens (tertiary/aromatic N) is 1. The second kappa shape index (κ2) is 11.4. The number of carbonyl (C=O) groups excluding carboxylic acids is 4. The number of ketones is 1. The maximum atomic E-state index is 12.3. The Hall–Kier alpha value is -3.50. The van der Waals surface area contributed by atoms with Crippen LogP contribution in [0.4, 0.5) is 17.1 Å². The van der Waals surface area contributed by atoms with Gasteiger partial charge in [0.15, 0.2) is 10.1 Å². The van der Waals surface area contributed by atoms with E-state index in [0.29, 0.717) is 32.7 Å². The van der Waals surface area contributed by atoms with Crippen molar-refractivity contribution in [3.05, 3.63) is 65.2 Å². The van der Waals surface area contributed by atoms with Crippen LogP contribution >= 0.6 is 23.1 Å². The van der Waals surface area contributed by atoms with E-state index in [-0.39, 0.29) is 35.7 Å². The summed E-state index contributed by atoms with van der Waals surface area (Å²) in [6.45, 7) is 2.90. The molecule has 0 aliphatic rings. The van der Waals surface area contributed by atoms with E-state index in [1.807, 2.05) is 0 Å². The zero-order chi connectivity index (χ0) is 23.8. The van der Waals surface area contributed by atoms with Crippen LogP contribution in [0.2, 0.25) is 0 Å². The van der Waals surface area contributed by atoms with Crippen molar-refractivity contribution in [2.75, 3.05) is 21.7 Å². The standard InChI is InChI=1S/C23H22N4O4S2/c1-14(28)16-6-8-17(9-7-16)25-21(30)11-20-12-32-23(27-20)33-13-22(31)26-19-5-3-4-18(10-19)24-15(2)29/h3-10,12H,11,13H2,1-2H3,(H,24,29)(H,25,30)(H,26,31). The molecule has 1 heterocycles. The van der Waals surface area contributed by atoms with Crippen molar-refractivity contribution in [1.29, 1.82) is 0 Å². The normalized spacial score (nSPS) is 10.4. The lowest BCUT2D eigenvalue weighted by molar-refractivity contribution is -0.116. The second-order valence-corrected chi connectivity index (χ2v) is 9.14. The van der Waals surface area contributed by atoms with Crippen molar-refractivity contribution in [3.63, 3.8) is 0 Å². The number of carbonyl (C=O) groups is 4. The Morgan fingerprint density at radius 3 is 2.21 bits per heavy atom. The number of rotatable bonds is 9. The number of hydrogen-bond donors (Lipinski definition) is 3. The van der Waals surface area contributed by atoms with Crippen LogP contribution in [0.1, 0.15) is 29.9 Å². The van der Waals surface area contributed by atoms with Gasteiger partial charge in [-0.2, -0.15) is 0 Å². The van der Waals surface area contributed by atoms with E-state index in [2.05, 4.69) is 20.9 Å². The van der Waals surface area contributed by atoms with Crippen LogP contribution in [-0.4, -0.2) is 34.2 Å². The maximum absolute atomic E-state index is 12.3. The minimum absolute atomic E-state index is 0.0347. The lowest BCUT2D eigenvalue weighted by Crippen LogP contribution is -2.15. The Labute approximate surface area is 199 Å². The summed E-state index contributed by atoms with van der Waals surface area (Å²) in [5, 5.41) is 10.0. The van der Waals surface area contributed by atoms with Gasteiger partial charge in [-0.1, -0.05) is 17.8 Å². The smallest absolute Gasteiger partial charge is 0.234 e. The van der Waals surface area contributed by atoms with Crippen molar-refractivity contribution in [2.45, 2.75) is 24.6 Å². The first-order valence-electron chi connectivity index (χ1n) is 9.94. The molecule has 2 aromatic carbocycles. The van der Waals surface area contributed by atoms with E-state index in [0.717, 1.165) is 0 Å². The first kappa shape index (κ1) is 24.1. The van der Waals surface area contributed by atoms with Crippen molar-refractivity contribution in [3.8, 4) is 0 Å². The molecule has 0 bridgehead atoms. The van der Waals surface area contributed by atoms with E-state index in [1.54, 1.807) is 53.9 Å². The fourth-order valence-corrected chi connectivity index (χ4v) is 4.44. The molecule has 3 rings (SSSR count). The molecule has 0 saturated carbocycles. The van der Waals surface area contributed by atoms with Gasteiger partial charge in [0.2, 0.25) is 17.7 Å². The largest absolute Gasteiger partial charge is 0.326 e. The van der Waals surface area contributed by atoms with Gasteiger partial charge in [0.1, 0.15) is 0 Å². The third-order valence-electron chi connectivity index (χ3n) is 4.24. The Balaban J connectivity index is 1.46. The van der Waals surface area contributed by atoms with Crippen molar-refractivity contribution in [2.24, 2.45) is 0 Å². The fourth-order valence-electron chi connectivity index (χ4n) is 2.80. The Morgan fingerprint density at radius 1 is 0.879 bits per heavy atom. The Morgan fingerprint density at radius 2 is 1.55 bits per heavy atom. The molecule has 3 aromatic rings. The zero-order valence-electron chi connectivity index (χ0n) is 18.0. The molecule has 0 unspecified atom stereocenters. The van der Waals surface area contributed by atoms with Crippen LogP contribution in [0, 0.1) is 0 Å². The number of hydrogen-bond acceptors (Lipinski definition) is 7. The molecule has 0 aliphatic heterocycles. The lowest BCUT2D eigenvalue weighted by atomic mass is 10.1. The third-order valence-corrected chi connectivity index (χ3v) is 6.31. The molecule has 33 heavy (non-hydrogen) atoms. The molecule has 0 fully saturated rings. The number of thiazole rings is 1. The van der Waals surface area contributed by atoms with E-state index >= 15 is 0 Å². The predicted molar refractivity (Wildman–Crippen MR) is 131 cm³/mol. The number of nitrogens with one attached hydrogen (secondary N) is 3. The highest BCUT2D eigenvalue weighted by Crippen LogP contribution is 2.24. The molecule has 3 amide bonds. The van der Waals surface area contributed by atoms with Gasteiger partial charge in [-0.15, -0.1) is 11.3 Å². The molecule has 10 heteroatoms. The summed E-state index contributed by atoms with van der Waals surface area (Å²) in [5.41, 5.74) is 2.99. The highest BCUT2D eigenvalue weighted by molar-refractivity contribution is 8.01. The summed E-state index contributed by atoms with van der Waals surface area (Å²) in [6, 6.07) is 13.6. The molecule has 170 valence electrons. The van der Waals surface area contributed by atoms with Crippen molar-refractivity contribution in [1.82, 2.24) is 4.98 Å².